The van der Waals surface area contributed by atoms with Crippen molar-refractivity contribution in [3.05, 3.63) is 23.3 Å². The number of hydrogen-bond acceptors (Lipinski definition) is 0. The zero-order valence-electron chi connectivity index (χ0n) is 16.4. The van der Waals surface area contributed by atoms with Crippen molar-refractivity contribution in [1.29, 1.82) is 0 Å². The molecule has 4 atom stereocenters. The molecule has 4 rings (SSSR count). The highest BCUT2D eigenvalue weighted by Gasteiger charge is 2.25. The molecule has 0 radical (unpaired) electrons. The molecule has 0 amide bonds. The Hall–Kier alpha value is -0.520. The van der Waals surface area contributed by atoms with Crippen LogP contribution < -0.4 is 0 Å². The minimum atomic E-state index is 0.998. The number of hydrogen-bond donors (Lipinski definition) is 0. The first-order valence-electron chi connectivity index (χ1n) is 11.2. The third kappa shape index (κ3) is 4.77. The summed E-state index contributed by atoms with van der Waals surface area (Å²) < 4.78 is 0. The van der Waals surface area contributed by atoms with Gasteiger partial charge in [0.2, 0.25) is 0 Å². The molecule has 0 aromatic rings. The van der Waals surface area contributed by atoms with Gasteiger partial charge in [-0.3, -0.25) is 0 Å². The highest BCUT2D eigenvalue weighted by molar-refractivity contribution is 5.13. The average Bonchev–Trinajstić information content (AvgIpc) is 2.67. The van der Waals surface area contributed by atoms with Crippen LogP contribution in [0.3, 0.4) is 0 Å². The summed E-state index contributed by atoms with van der Waals surface area (Å²) in [6, 6.07) is 0. The monoisotopic (exact) mass is 328 g/mol. The van der Waals surface area contributed by atoms with Crippen LogP contribution in [0.2, 0.25) is 0 Å². The molecular formula is C24H40. The van der Waals surface area contributed by atoms with E-state index in [1.807, 2.05) is 11.1 Å². The van der Waals surface area contributed by atoms with Crippen LogP contribution in [-0.4, -0.2) is 0 Å². The lowest BCUT2D eigenvalue weighted by atomic mass is 9.73. The van der Waals surface area contributed by atoms with Crippen LogP contribution in [0.15, 0.2) is 23.3 Å². The van der Waals surface area contributed by atoms with Crippen molar-refractivity contribution in [1.82, 2.24) is 0 Å². The van der Waals surface area contributed by atoms with Crippen molar-refractivity contribution in [2.45, 2.75) is 104 Å². The molecule has 2 fully saturated rings. The maximum Gasteiger partial charge on any atom is -0.0200 e. The summed E-state index contributed by atoms with van der Waals surface area (Å²) in [6.07, 6.45) is 25.3. The van der Waals surface area contributed by atoms with Crippen molar-refractivity contribution in [3.8, 4) is 0 Å². The third-order valence-corrected chi connectivity index (χ3v) is 7.40. The fourth-order valence-corrected chi connectivity index (χ4v) is 5.59. The van der Waals surface area contributed by atoms with E-state index in [1.54, 1.807) is 0 Å². The van der Waals surface area contributed by atoms with Crippen molar-refractivity contribution in [3.63, 3.8) is 0 Å². The number of rotatable bonds is 2. The molecule has 0 nitrogen and oxygen atoms in total. The summed E-state index contributed by atoms with van der Waals surface area (Å²) in [5, 5.41) is 0. The molecule has 4 aliphatic carbocycles. The molecule has 24 heavy (non-hydrogen) atoms. The summed E-state index contributed by atoms with van der Waals surface area (Å²) >= 11 is 0. The SMILES string of the molecule is CCC1CC=C2CCCCC2C1.CCC1CC=C2CCCCC2C1. The van der Waals surface area contributed by atoms with Gasteiger partial charge in [-0.2, -0.15) is 0 Å². The molecule has 4 aliphatic rings. The Labute approximate surface area is 151 Å². The maximum absolute atomic E-state index is 2.56. The van der Waals surface area contributed by atoms with Gasteiger partial charge in [0.05, 0.1) is 0 Å². The lowest BCUT2D eigenvalue weighted by Crippen LogP contribution is -2.18. The van der Waals surface area contributed by atoms with Crippen LogP contribution in [0.25, 0.3) is 0 Å². The highest BCUT2D eigenvalue weighted by atomic mass is 14.3. The van der Waals surface area contributed by atoms with Gasteiger partial charge in [0.1, 0.15) is 0 Å². The van der Waals surface area contributed by atoms with Gasteiger partial charge >= 0.3 is 0 Å². The summed E-state index contributed by atoms with van der Waals surface area (Å²) in [7, 11) is 0. The lowest BCUT2D eigenvalue weighted by molar-refractivity contribution is 0.322. The van der Waals surface area contributed by atoms with E-state index in [4.69, 9.17) is 0 Å². The number of allylic oxidation sites excluding steroid dienone is 4. The van der Waals surface area contributed by atoms with E-state index < -0.39 is 0 Å². The predicted molar refractivity (Wildman–Crippen MR) is 106 cm³/mol. The Bertz CT molecular complexity index is 399. The standard InChI is InChI=1S/2C12H20/c2*1-2-10-7-8-11-5-3-4-6-12(11)9-10/h2*8,10,12H,2-7,9H2,1H3. The van der Waals surface area contributed by atoms with Crippen LogP contribution >= 0.6 is 0 Å². The summed E-state index contributed by atoms with van der Waals surface area (Å²) in [5.41, 5.74) is 3.62. The minimum absolute atomic E-state index is 0.998. The number of fused-ring (bicyclic) bond motifs is 2. The van der Waals surface area contributed by atoms with Gasteiger partial charge in [0, 0.05) is 0 Å². The largest absolute Gasteiger partial charge is 0.0848 e. The first-order valence-corrected chi connectivity index (χ1v) is 11.2. The Morgan fingerprint density at radius 1 is 0.708 bits per heavy atom. The Morgan fingerprint density at radius 2 is 1.17 bits per heavy atom. The second-order valence-electron chi connectivity index (χ2n) is 8.93. The zero-order chi connectivity index (χ0) is 16.8. The lowest BCUT2D eigenvalue weighted by Gasteiger charge is -2.32. The van der Waals surface area contributed by atoms with Crippen LogP contribution in [0.4, 0.5) is 0 Å². The van der Waals surface area contributed by atoms with Gasteiger partial charge in [-0.1, -0.05) is 62.8 Å². The van der Waals surface area contributed by atoms with Crippen molar-refractivity contribution in [2.24, 2.45) is 23.7 Å². The summed E-state index contributed by atoms with van der Waals surface area (Å²) in [4.78, 5) is 0. The normalized spacial score (nSPS) is 35.6. The third-order valence-electron chi connectivity index (χ3n) is 7.40. The predicted octanol–water partition coefficient (Wildman–Crippen LogP) is 7.85. The molecule has 0 aromatic heterocycles. The minimum Gasteiger partial charge on any atom is -0.0848 e. The van der Waals surface area contributed by atoms with Gasteiger partial charge in [0.15, 0.2) is 0 Å². The molecule has 136 valence electrons. The second kappa shape index (κ2) is 9.25. The van der Waals surface area contributed by atoms with Crippen LogP contribution in [0, 0.1) is 23.7 Å². The van der Waals surface area contributed by atoms with Gasteiger partial charge in [-0.15, -0.1) is 0 Å². The van der Waals surface area contributed by atoms with E-state index in [2.05, 4.69) is 26.0 Å². The summed E-state index contributed by atoms with van der Waals surface area (Å²) in [6.45, 7) is 4.68. The smallest absolute Gasteiger partial charge is 0.0200 e. The molecule has 0 aromatic carbocycles. The van der Waals surface area contributed by atoms with Gasteiger partial charge < -0.3 is 0 Å². The zero-order valence-corrected chi connectivity index (χ0v) is 16.4. The molecular weight excluding hydrogens is 288 g/mol. The first-order chi connectivity index (χ1) is 11.8. The fourth-order valence-electron chi connectivity index (χ4n) is 5.59. The van der Waals surface area contributed by atoms with Crippen molar-refractivity contribution in [2.75, 3.05) is 0 Å². The molecule has 0 spiro atoms. The van der Waals surface area contributed by atoms with Gasteiger partial charge in [0.25, 0.3) is 0 Å². The van der Waals surface area contributed by atoms with E-state index in [9.17, 15) is 0 Å². The molecule has 0 aliphatic heterocycles. The van der Waals surface area contributed by atoms with E-state index in [0.29, 0.717) is 0 Å². The van der Waals surface area contributed by atoms with E-state index in [0.717, 1.165) is 23.7 Å². The average molecular weight is 329 g/mol. The van der Waals surface area contributed by atoms with Crippen LogP contribution in [-0.2, 0) is 0 Å². The van der Waals surface area contributed by atoms with Crippen LogP contribution in [0.1, 0.15) is 104 Å². The molecule has 0 saturated heterocycles. The summed E-state index contributed by atoms with van der Waals surface area (Å²) in [5.74, 6) is 4.02. The van der Waals surface area contributed by atoms with Gasteiger partial charge in [-0.25, -0.2) is 0 Å². The van der Waals surface area contributed by atoms with Gasteiger partial charge in [-0.05, 0) is 87.9 Å². The highest BCUT2D eigenvalue weighted by Crippen LogP contribution is 2.40. The van der Waals surface area contributed by atoms with E-state index >= 15 is 0 Å². The maximum atomic E-state index is 2.56. The molecule has 0 bridgehead atoms. The first kappa shape index (κ1) is 18.3. The molecule has 0 N–H and O–H groups in total. The van der Waals surface area contributed by atoms with Crippen molar-refractivity contribution < 1.29 is 0 Å². The van der Waals surface area contributed by atoms with E-state index in [-0.39, 0.29) is 0 Å². The Morgan fingerprint density at radius 3 is 1.58 bits per heavy atom. The topological polar surface area (TPSA) is 0 Å². The Balaban J connectivity index is 0.000000141. The molecule has 2 saturated carbocycles. The molecule has 4 unspecified atom stereocenters. The fraction of sp³-hybridized carbons (Fsp3) is 0.833. The van der Waals surface area contributed by atoms with Crippen molar-refractivity contribution >= 4 is 0 Å². The van der Waals surface area contributed by atoms with Crippen LogP contribution in [0.5, 0.6) is 0 Å². The molecule has 0 heteroatoms. The molecule has 0 heterocycles. The van der Waals surface area contributed by atoms with E-state index in [1.165, 1.54) is 89.9 Å². The Kier molecular flexibility index (Phi) is 7.05. The quantitative estimate of drug-likeness (QED) is 0.453. The second-order valence-corrected chi connectivity index (χ2v) is 8.93.